The zero-order chi connectivity index (χ0) is 15.3. The highest BCUT2D eigenvalue weighted by Crippen LogP contribution is 2.16. The van der Waals surface area contributed by atoms with Crippen LogP contribution in [-0.4, -0.2) is 47.1 Å². The Kier molecular flexibility index (Phi) is 5.94. The number of hydrogen-bond acceptors (Lipinski definition) is 4. The van der Waals surface area contributed by atoms with Crippen LogP contribution in [0.5, 0.6) is 0 Å². The lowest BCUT2D eigenvalue weighted by molar-refractivity contribution is -0.141. The Labute approximate surface area is 122 Å². The maximum Gasteiger partial charge on any atom is 0.317 e. The molecule has 0 aliphatic heterocycles. The van der Waals surface area contributed by atoms with E-state index < -0.39 is 11.9 Å². The van der Waals surface area contributed by atoms with Crippen molar-refractivity contribution < 1.29 is 14.7 Å². The molecule has 1 unspecified atom stereocenters. The second-order valence-electron chi connectivity index (χ2n) is 4.85. The number of nitrogens with one attached hydrogen (secondary N) is 1. The predicted octanol–water partition coefficient (Wildman–Crippen LogP) is 1.66. The molecule has 1 atom stereocenters. The molecule has 0 saturated heterocycles. The van der Waals surface area contributed by atoms with Crippen molar-refractivity contribution in [3.63, 3.8) is 0 Å². The van der Waals surface area contributed by atoms with Crippen molar-refractivity contribution in [1.82, 2.24) is 15.2 Å². The third kappa shape index (κ3) is 4.80. The van der Waals surface area contributed by atoms with E-state index in [1.165, 1.54) is 9.78 Å². The summed E-state index contributed by atoms with van der Waals surface area (Å²) in [5.74, 6) is -1.48. The normalized spacial score (nSPS) is 12.0. The highest BCUT2D eigenvalue weighted by atomic mass is 32.1. The van der Waals surface area contributed by atoms with Crippen molar-refractivity contribution in [2.75, 3.05) is 20.1 Å². The number of nitrogens with zero attached hydrogens (tertiary/aromatic N) is 2. The molecule has 0 aliphatic carbocycles. The van der Waals surface area contributed by atoms with Crippen molar-refractivity contribution in [3.05, 3.63) is 15.6 Å². The van der Waals surface area contributed by atoms with Gasteiger partial charge in [0.2, 0.25) is 0 Å². The maximum absolute atomic E-state index is 11.8. The monoisotopic (exact) mass is 299 g/mol. The fourth-order valence-corrected chi connectivity index (χ4v) is 2.56. The molecule has 6 nitrogen and oxygen atoms in total. The minimum atomic E-state index is -0.904. The van der Waals surface area contributed by atoms with Gasteiger partial charge in [-0.2, -0.15) is 0 Å². The summed E-state index contributed by atoms with van der Waals surface area (Å²) in [5.41, 5.74) is 1.03. The molecule has 1 rings (SSSR count). The van der Waals surface area contributed by atoms with E-state index in [1.54, 1.807) is 25.3 Å². The number of carbonyl (C=O) groups excluding carboxylic acids is 1. The molecule has 112 valence electrons. The average molecular weight is 299 g/mol. The molecule has 2 N–H and O–H groups in total. The number of aryl methyl sites for hydroxylation is 2. The highest BCUT2D eigenvalue weighted by molar-refractivity contribution is 7.11. The van der Waals surface area contributed by atoms with Gasteiger partial charge in [-0.15, -0.1) is 11.3 Å². The van der Waals surface area contributed by atoms with E-state index >= 15 is 0 Å². The highest BCUT2D eigenvalue weighted by Gasteiger charge is 2.17. The van der Waals surface area contributed by atoms with Crippen LogP contribution in [0.4, 0.5) is 4.79 Å². The molecule has 1 heterocycles. The summed E-state index contributed by atoms with van der Waals surface area (Å²) in [6, 6.07) is -0.261. The van der Waals surface area contributed by atoms with Crippen LogP contribution in [0.15, 0.2) is 0 Å². The van der Waals surface area contributed by atoms with Gasteiger partial charge < -0.3 is 15.3 Å². The van der Waals surface area contributed by atoms with Gasteiger partial charge in [0, 0.05) is 31.4 Å². The van der Waals surface area contributed by atoms with Crippen molar-refractivity contribution in [2.45, 2.75) is 27.2 Å². The van der Waals surface area contributed by atoms with E-state index in [1.807, 2.05) is 13.8 Å². The van der Waals surface area contributed by atoms with Crippen LogP contribution in [0.2, 0.25) is 0 Å². The fraction of sp³-hybridized carbons (Fsp3) is 0.615. The standard InChI is InChI=1S/C13H21N3O3S/c1-8(12(17)18)7-16(4)13(19)14-6-5-11-15-9(2)10(3)20-11/h8H,5-7H2,1-4H3,(H,14,19)(H,17,18). The molecule has 0 radical (unpaired) electrons. The summed E-state index contributed by atoms with van der Waals surface area (Å²) in [5, 5.41) is 12.6. The number of thiazole rings is 1. The smallest absolute Gasteiger partial charge is 0.317 e. The topological polar surface area (TPSA) is 82.5 Å². The Morgan fingerprint density at radius 1 is 1.45 bits per heavy atom. The van der Waals surface area contributed by atoms with Gasteiger partial charge in [0.05, 0.1) is 16.6 Å². The van der Waals surface area contributed by atoms with E-state index in [2.05, 4.69) is 10.3 Å². The molecule has 0 bridgehead atoms. The van der Waals surface area contributed by atoms with Crippen molar-refractivity contribution in [1.29, 1.82) is 0 Å². The third-order valence-corrected chi connectivity index (χ3v) is 4.14. The van der Waals surface area contributed by atoms with Crippen LogP contribution in [-0.2, 0) is 11.2 Å². The number of carboxylic acid groups (broad SMARTS) is 1. The minimum absolute atomic E-state index is 0.191. The molecule has 20 heavy (non-hydrogen) atoms. The Morgan fingerprint density at radius 3 is 2.60 bits per heavy atom. The number of amides is 2. The SMILES string of the molecule is Cc1nc(CCNC(=O)N(C)CC(C)C(=O)O)sc1C. The third-order valence-electron chi connectivity index (χ3n) is 3.00. The number of aromatic nitrogens is 1. The predicted molar refractivity (Wildman–Crippen MR) is 78.1 cm³/mol. The van der Waals surface area contributed by atoms with Crippen LogP contribution < -0.4 is 5.32 Å². The minimum Gasteiger partial charge on any atom is -0.481 e. The van der Waals surface area contributed by atoms with Crippen molar-refractivity contribution in [2.24, 2.45) is 5.92 Å². The van der Waals surface area contributed by atoms with Crippen LogP contribution in [0.25, 0.3) is 0 Å². The van der Waals surface area contributed by atoms with Gasteiger partial charge in [0.25, 0.3) is 0 Å². The van der Waals surface area contributed by atoms with Gasteiger partial charge in [-0.05, 0) is 13.8 Å². The van der Waals surface area contributed by atoms with E-state index in [-0.39, 0.29) is 12.6 Å². The first-order valence-corrected chi connectivity index (χ1v) is 7.27. The number of rotatable bonds is 6. The lowest BCUT2D eigenvalue weighted by atomic mass is 10.2. The van der Waals surface area contributed by atoms with Crippen LogP contribution in [0.1, 0.15) is 22.5 Å². The lowest BCUT2D eigenvalue weighted by Gasteiger charge is -2.19. The zero-order valence-corrected chi connectivity index (χ0v) is 13.1. The van der Waals surface area contributed by atoms with E-state index in [4.69, 9.17) is 5.11 Å². The molecule has 2 amide bonds. The number of hydrogen-bond donors (Lipinski definition) is 2. The van der Waals surface area contributed by atoms with Crippen LogP contribution in [0.3, 0.4) is 0 Å². The Bertz CT molecular complexity index is 468. The fourth-order valence-electron chi connectivity index (χ4n) is 1.63. The van der Waals surface area contributed by atoms with Crippen molar-refractivity contribution in [3.8, 4) is 0 Å². The summed E-state index contributed by atoms with van der Waals surface area (Å²) in [7, 11) is 1.59. The molecule has 0 spiro atoms. The van der Waals surface area contributed by atoms with Gasteiger partial charge in [0.15, 0.2) is 0 Å². The molecule has 0 saturated carbocycles. The summed E-state index contributed by atoms with van der Waals surface area (Å²) in [6.45, 7) is 6.26. The number of carbonyl (C=O) groups is 2. The molecule has 0 aromatic carbocycles. The summed E-state index contributed by atoms with van der Waals surface area (Å²) >= 11 is 1.64. The molecule has 1 aromatic rings. The van der Waals surface area contributed by atoms with Crippen LogP contribution in [0, 0.1) is 19.8 Å². The summed E-state index contributed by atoms with van der Waals surface area (Å²) in [6.07, 6.45) is 0.688. The molecule has 0 fully saturated rings. The van der Waals surface area contributed by atoms with Gasteiger partial charge >= 0.3 is 12.0 Å². The summed E-state index contributed by atoms with van der Waals surface area (Å²) in [4.78, 5) is 29.5. The number of carboxylic acids is 1. The first kappa shape index (κ1) is 16.4. The largest absolute Gasteiger partial charge is 0.481 e. The Balaban J connectivity index is 2.34. The average Bonchev–Trinajstić information content (AvgIpc) is 2.68. The molecule has 0 aliphatic rings. The summed E-state index contributed by atoms with van der Waals surface area (Å²) < 4.78 is 0. The number of aliphatic carboxylic acids is 1. The lowest BCUT2D eigenvalue weighted by Crippen LogP contribution is -2.41. The second kappa shape index (κ2) is 7.23. The molecule has 1 aromatic heterocycles. The first-order chi connectivity index (χ1) is 9.31. The van der Waals surface area contributed by atoms with Gasteiger partial charge in [-0.3, -0.25) is 4.79 Å². The number of urea groups is 1. The molecular weight excluding hydrogens is 278 g/mol. The second-order valence-corrected chi connectivity index (χ2v) is 6.14. The van der Waals surface area contributed by atoms with E-state index in [0.717, 1.165) is 10.7 Å². The zero-order valence-electron chi connectivity index (χ0n) is 12.3. The maximum atomic E-state index is 11.8. The van der Waals surface area contributed by atoms with Crippen molar-refractivity contribution >= 4 is 23.3 Å². The van der Waals surface area contributed by atoms with Gasteiger partial charge in [-0.25, -0.2) is 9.78 Å². The molecular formula is C13H21N3O3S. The first-order valence-electron chi connectivity index (χ1n) is 6.46. The van der Waals surface area contributed by atoms with E-state index in [9.17, 15) is 9.59 Å². The van der Waals surface area contributed by atoms with Crippen LogP contribution >= 0.6 is 11.3 Å². The quantitative estimate of drug-likeness (QED) is 0.837. The Morgan fingerprint density at radius 2 is 2.10 bits per heavy atom. The molecule has 7 heteroatoms. The van der Waals surface area contributed by atoms with E-state index in [0.29, 0.717) is 13.0 Å². The van der Waals surface area contributed by atoms with Gasteiger partial charge in [-0.1, -0.05) is 6.92 Å². The van der Waals surface area contributed by atoms with Gasteiger partial charge in [0.1, 0.15) is 0 Å². The Hall–Kier alpha value is -1.63.